The molecule has 0 radical (unpaired) electrons. The third-order valence-electron chi connectivity index (χ3n) is 1.86. The van der Waals surface area contributed by atoms with Crippen molar-refractivity contribution in [3.63, 3.8) is 0 Å². The highest BCUT2D eigenvalue weighted by Crippen LogP contribution is 2.07. The largest absolute Gasteiger partial charge is 0.465 e. The molecule has 18 heavy (non-hydrogen) atoms. The van der Waals surface area contributed by atoms with Crippen LogP contribution >= 0.6 is 0 Å². The number of carbonyl (C=O) groups excluding carboxylic acids is 1. The second-order valence-electron chi connectivity index (χ2n) is 3.24. The van der Waals surface area contributed by atoms with E-state index >= 15 is 0 Å². The lowest BCUT2D eigenvalue weighted by atomic mass is 10.3. The molecule has 6 heteroatoms. The minimum absolute atomic E-state index is 0.199. The van der Waals surface area contributed by atoms with Gasteiger partial charge in [-0.1, -0.05) is 30.4 Å². The molecule has 2 amide bonds. The maximum absolute atomic E-state index is 11.3. The number of hydrogen-bond acceptors (Lipinski definition) is 3. The van der Waals surface area contributed by atoms with Crippen LogP contribution in [0.2, 0.25) is 0 Å². The second-order valence-corrected chi connectivity index (χ2v) is 3.24. The van der Waals surface area contributed by atoms with Crippen molar-refractivity contribution in [2.45, 2.75) is 0 Å². The van der Waals surface area contributed by atoms with Crippen molar-refractivity contribution in [3.05, 3.63) is 42.5 Å². The predicted octanol–water partition coefficient (Wildman–Crippen LogP) is 1.60. The number of amides is 2. The number of carbonyl (C=O) groups is 2. The van der Waals surface area contributed by atoms with Crippen molar-refractivity contribution in [1.29, 1.82) is 0 Å². The van der Waals surface area contributed by atoms with Crippen molar-refractivity contribution in [2.75, 3.05) is 13.1 Å². The summed E-state index contributed by atoms with van der Waals surface area (Å²) in [6.07, 6.45) is 1.58. The molecule has 6 nitrogen and oxygen atoms in total. The van der Waals surface area contributed by atoms with E-state index in [1.165, 1.54) is 0 Å². The Bertz CT molecular complexity index is 417. The van der Waals surface area contributed by atoms with Gasteiger partial charge in [0.1, 0.15) is 5.75 Å². The maximum Gasteiger partial charge on any atom is 0.412 e. The van der Waals surface area contributed by atoms with Crippen LogP contribution in [0.15, 0.2) is 42.5 Å². The molecule has 1 aromatic carbocycles. The second kappa shape index (κ2) is 7.72. The molecule has 0 bridgehead atoms. The maximum atomic E-state index is 11.3. The Morgan fingerprint density at radius 3 is 2.33 bits per heavy atom. The molecular formula is C12H14N2O4. The fourth-order valence-electron chi connectivity index (χ4n) is 1.09. The molecule has 0 aliphatic heterocycles. The zero-order chi connectivity index (χ0) is 13.2. The number of rotatable bonds is 5. The lowest BCUT2D eigenvalue weighted by Gasteiger charge is -2.03. The number of benzene rings is 1. The van der Waals surface area contributed by atoms with Gasteiger partial charge in [-0.15, -0.1) is 0 Å². The zero-order valence-electron chi connectivity index (χ0n) is 9.63. The van der Waals surface area contributed by atoms with E-state index in [0.29, 0.717) is 5.75 Å². The lowest BCUT2D eigenvalue weighted by molar-refractivity contribution is 0.195. The summed E-state index contributed by atoms with van der Waals surface area (Å²) in [5.74, 6) is 0.464. The Kier molecular flexibility index (Phi) is 5.82. The van der Waals surface area contributed by atoms with E-state index in [-0.39, 0.29) is 13.1 Å². The minimum atomic E-state index is -1.09. The van der Waals surface area contributed by atoms with Crippen molar-refractivity contribution in [1.82, 2.24) is 10.6 Å². The lowest BCUT2D eigenvalue weighted by Crippen LogP contribution is -2.27. The van der Waals surface area contributed by atoms with Gasteiger partial charge < -0.3 is 20.5 Å². The number of hydrogen-bond donors (Lipinski definition) is 3. The average Bonchev–Trinajstić information content (AvgIpc) is 2.34. The van der Waals surface area contributed by atoms with Crippen molar-refractivity contribution < 1.29 is 19.4 Å². The summed E-state index contributed by atoms with van der Waals surface area (Å²) in [7, 11) is 0. The van der Waals surface area contributed by atoms with Gasteiger partial charge >= 0.3 is 12.2 Å². The van der Waals surface area contributed by atoms with E-state index in [2.05, 4.69) is 10.6 Å². The molecule has 0 spiro atoms. The topological polar surface area (TPSA) is 87.7 Å². The third-order valence-corrected chi connectivity index (χ3v) is 1.86. The monoisotopic (exact) mass is 250 g/mol. The van der Waals surface area contributed by atoms with Crippen molar-refractivity contribution >= 4 is 12.2 Å². The fourth-order valence-corrected chi connectivity index (χ4v) is 1.09. The van der Waals surface area contributed by atoms with Crippen LogP contribution in [0.1, 0.15) is 0 Å². The molecular weight excluding hydrogens is 236 g/mol. The Hall–Kier alpha value is -2.50. The van der Waals surface area contributed by atoms with Gasteiger partial charge in [0.2, 0.25) is 0 Å². The van der Waals surface area contributed by atoms with Gasteiger partial charge in [0.15, 0.2) is 0 Å². The summed E-state index contributed by atoms with van der Waals surface area (Å²) in [6.45, 7) is 0.470. The molecule has 0 aliphatic carbocycles. The smallest absolute Gasteiger partial charge is 0.412 e. The third kappa shape index (κ3) is 6.16. The highest BCUT2D eigenvalue weighted by molar-refractivity contribution is 5.70. The van der Waals surface area contributed by atoms with Gasteiger partial charge in [-0.3, -0.25) is 0 Å². The molecule has 0 saturated heterocycles. The predicted molar refractivity (Wildman–Crippen MR) is 65.6 cm³/mol. The first kappa shape index (κ1) is 13.6. The summed E-state index contributed by atoms with van der Waals surface area (Å²) in [6, 6.07) is 8.70. The van der Waals surface area contributed by atoms with Crippen LogP contribution < -0.4 is 15.4 Å². The van der Waals surface area contributed by atoms with Crippen LogP contribution in [-0.4, -0.2) is 30.4 Å². The highest BCUT2D eigenvalue weighted by Gasteiger charge is 2.00. The molecule has 0 saturated carbocycles. The van der Waals surface area contributed by atoms with Crippen LogP contribution in [0.3, 0.4) is 0 Å². The number of nitrogens with one attached hydrogen (secondary N) is 2. The molecule has 0 atom stereocenters. The van der Waals surface area contributed by atoms with Gasteiger partial charge in [-0.2, -0.15) is 0 Å². The molecule has 0 aliphatic rings. The van der Waals surface area contributed by atoms with Gasteiger partial charge in [0.25, 0.3) is 0 Å². The molecule has 0 fully saturated rings. The van der Waals surface area contributed by atoms with E-state index in [0.717, 1.165) is 0 Å². The normalized spacial score (nSPS) is 10.0. The number of carboxylic acid groups (broad SMARTS) is 1. The molecule has 0 heterocycles. The number of para-hydroxylation sites is 1. The van der Waals surface area contributed by atoms with Crippen molar-refractivity contribution in [3.8, 4) is 5.75 Å². The van der Waals surface area contributed by atoms with E-state index in [1.54, 1.807) is 36.4 Å². The van der Waals surface area contributed by atoms with Crippen LogP contribution in [0.4, 0.5) is 9.59 Å². The van der Waals surface area contributed by atoms with Gasteiger partial charge in [-0.05, 0) is 12.1 Å². The average molecular weight is 250 g/mol. The van der Waals surface area contributed by atoms with E-state index in [1.807, 2.05) is 6.07 Å². The van der Waals surface area contributed by atoms with Gasteiger partial charge in [-0.25, -0.2) is 9.59 Å². The Morgan fingerprint density at radius 2 is 1.72 bits per heavy atom. The molecule has 0 unspecified atom stereocenters. The first-order chi connectivity index (χ1) is 8.68. The fraction of sp³-hybridized carbons (Fsp3) is 0.167. The molecule has 1 rings (SSSR count). The first-order valence-electron chi connectivity index (χ1n) is 5.31. The summed E-state index contributed by atoms with van der Waals surface area (Å²) in [5.41, 5.74) is 0. The Labute approximate surface area is 104 Å². The molecule has 96 valence electrons. The summed E-state index contributed by atoms with van der Waals surface area (Å²) < 4.78 is 4.97. The Balaban J connectivity index is 2.16. The minimum Gasteiger partial charge on any atom is -0.465 e. The van der Waals surface area contributed by atoms with E-state index in [4.69, 9.17) is 9.84 Å². The van der Waals surface area contributed by atoms with Crippen LogP contribution in [-0.2, 0) is 0 Å². The van der Waals surface area contributed by atoms with E-state index < -0.39 is 12.2 Å². The SMILES string of the molecule is O=C(O)NC/C=C\CNC(=O)Oc1ccccc1. The summed E-state index contributed by atoms with van der Waals surface area (Å²) in [4.78, 5) is 21.4. The summed E-state index contributed by atoms with van der Waals surface area (Å²) in [5, 5.41) is 12.9. The van der Waals surface area contributed by atoms with E-state index in [9.17, 15) is 9.59 Å². The standard InChI is InChI=1S/C12H14N2O4/c15-11(16)13-8-4-5-9-14-12(17)18-10-6-2-1-3-7-10/h1-7,13H,8-9H2,(H,14,17)(H,15,16)/b5-4-. The van der Waals surface area contributed by atoms with Gasteiger partial charge in [0, 0.05) is 13.1 Å². The zero-order valence-corrected chi connectivity index (χ0v) is 9.63. The molecule has 1 aromatic rings. The molecule has 0 aromatic heterocycles. The highest BCUT2D eigenvalue weighted by atomic mass is 16.6. The molecule has 3 N–H and O–H groups in total. The first-order valence-corrected chi connectivity index (χ1v) is 5.31. The van der Waals surface area contributed by atoms with Crippen LogP contribution in [0.25, 0.3) is 0 Å². The summed E-state index contributed by atoms with van der Waals surface area (Å²) >= 11 is 0. The van der Waals surface area contributed by atoms with Gasteiger partial charge in [0.05, 0.1) is 0 Å². The van der Waals surface area contributed by atoms with Crippen LogP contribution in [0.5, 0.6) is 5.75 Å². The quantitative estimate of drug-likeness (QED) is 0.692. The van der Waals surface area contributed by atoms with Crippen molar-refractivity contribution in [2.24, 2.45) is 0 Å². The Morgan fingerprint density at radius 1 is 1.11 bits per heavy atom. The van der Waals surface area contributed by atoms with Crippen LogP contribution in [0, 0.1) is 0 Å². The number of ether oxygens (including phenoxy) is 1.